The van der Waals surface area contributed by atoms with Crippen molar-refractivity contribution in [1.82, 2.24) is 4.90 Å². The number of likely N-dealkylation sites (tertiary alicyclic amines) is 1. The Morgan fingerprint density at radius 1 is 1.50 bits per heavy atom. The predicted molar refractivity (Wildman–Crippen MR) is 72.0 cm³/mol. The van der Waals surface area contributed by atoms with Gasteiger partial charge in [-0.05, 0) is 36.5 Å². The number of nitrogens with zero attached hydrogens (tertiary/aromatic N) is 1. The minimum absolute atomic E-state index is 0.0000463. The minimum atomic E-state index is 0.0000463. The average Bonchev–Trinajstić information content (AvgIpc) is 2.81. The Hall–Kier alpha value is -1.22. The molecular formula is C14H18ClNO2. The third-order valence-corrected chi connectivity index (χ3v) is 3.95. The molecule has 1 aromatic rings. The van der Waals surface area contributed by atoms with E-state index in [1.807, 2.05) is 4.90 Å². The quantitative estimate of drug-likeness (QED) is 0.894. The Bertz CT molecular complexity index is 459. The SMILES string of the molecule is CC(C)C1CCN(C(=O)c2ccc(O)c(Cl)c2)C1. The molecule has 0 radical (unpaired) electrons. The number of benzene rings is 1. The molecule has 98 valence electrons. The Labute approximate surface area is 112 Å². The molecule has 1 aromatic carbocycles. The van der Waals surface area contributed by atoms with E-state index < -0.39 is 0 Å². The van der Waals surface area contributed by atoms with E-state index in [-0.39, 0.29) is 16.7 Å². The van der Waals surface area contributed by atoms with Crippen molar-refractivity contribution in [3.8, 4) is 5.75 Å². The highest BCUT2D eigenvalue weighted by Gasteiger charge is 2.28. The summed E-state index contributed by atoms with van der Waals surface area (Å²) < 4.78 is 0. The van der Waals surface area contributed by atoms with Crippen LogP contribution in [-0.4, -0.2) is 29.0 Å². The van der Waals surface area contributed by atoms with Crippen molar-refractivity contribution in [3.05, 3.63) is 28.8 Å². The van der Waals surface area contributed by atoms with Crippen LogP contribution in [0.1, 0.15) is 30.6 Å². The fourth-order valence-electron chi connectivity index (χ4n) is 2.34. The Balaban J connectivity index is 2.10. The molecule has 1 atom stereocenters. The summed E-state index contributed by atoms with van der Waals surface area (Å²) in [6.45, 7) is 6.00. The summed E-state index contributed by atoms with van der Waals surface area (Å²) in [5, 5.41) is 9.57. The van der Waals surface area contributed by atoms with Gasteiger partial charge in [0, 0.05) is 18.7 Å². The summed E-state index contributed by atoms with van der Waals surface area (Å²) in [7, 11) is 0. The maximum Gasteiger partial charge on any atom is 0.253 e. The van der Waals surface area contributed by atoms with Crippen LogP contribution >= 0.6 is 11.6 Å². The van der Waals surface area contributed by atoms with Crippen molar-refractivity contribution < 1.29 is 9.90 Å². The van der Waals surface area contributed by atoms with Crippen LogP contribution in [0.25, 0.3) is 0 Å². The van der Waals surface area contributed by atoms with Crippen molar-refractivity contribution in [2.24, 2.45) is 11.8 Å². The van der Waals surface area contributed by atoms with Crippen molar-refractivity contribution >= 4 is 17.5 Å². The molecule has 2 rings (SSSR count). The number of carbonyl (C=O) groups is 1. The number of phenols is 1. The largest absolute Gasteiger partial charge is 0.506 e. The van der Waals surface area contributed by atoms with Crippen LogP contribution in [0.2, 0.25) is 5.02 Å². The summed E-state index contributed by atoms with van der Waals surface area (Å²) in [6, 6.07) is 4.61. The number of amides is 1. The number of hydrogen-bond acceptors (Lipinski definition) is 2. The molecule has 18 heavy (non-hydrogen) atoms. The smallest absolute Gasteiger partial charge is 0.253 e. The van der Waals surface area contributed by atoms with Gasteiger partial charge in [-0.2, -0.15) is 0 Å². The van der Waals surface area contributed by atoms with Gasteiger partial charge in [0.15, 0.2) is 0 Å². The number of hydrogen-bond donors (Lipinski definition) is 1. The van der Waals surface area contributed by atoms with Crippen LogP contribution in [0, 0.1) is 11.8 Å². The zero-order valence-electron chi connectivity index (χ0n) is 10.7. The first-order valence-corrected chi connectivity index (χ1v) is 6.64. The molecule has 0 spiro atoms. The van der Waals surface area contributed by atoms with Crippen LogP contribution in [0.15, 0.2) is 18.2 Å². The standard InChI is InChI=1S/C14H18ClNO2/c1-9(2)11-5-6-16(8-11)14(18)10-3-4-13(17)12(15)7-10/h3-4,7,9,11,17H,5-6,8H2,1-2H3. The molecule has 1 aliphatic heterocycles. The number of halogens is 1. The normalized spacial score (nSPS) is 19.6. The molecular weight excluding hydrogens is 250 g/mol. The summed E-state index contributed by atoms with van der Waals surface area (Å²) in [6.07, 6.45) is 1.06. The molecule has 1 aliphatic rings. The fraction of sp³-hybridized carbons (Fsp3) is 0.500. The lowest BCUT2D eigenvalue weighted by atomic mass is 9.95. The third-order valence-electron chi connectivity index (χ3n) is 3.65. The fourth-order valence-corrected chi connectivity index (χ4v) is 2.52. The van der Waals surface area contributed by atoms with E-state index in [9.17, 15) is 9.90 Å². The first-order valence-electron chi connectivity index (χ1n) is 6.27. The Kier molecular flexibility index (Phi) is 3.81. The van der Waals surface area contributed by atoms with Crippen LogP contribution in [0.3, 0.4) is 0 Å². The van der Waals surface area contributed by atoms with Crippen molar-refractivity contribution in [2.75, 3.05) is 13.1 Å². The van der Waals surface area contributed by atoms with Crippen LogP contribution in [-0.2, 0) is 0 Å². The lowest BCUT2D eigenvalue weighted by molar-refractivity contribution is 0.0784. The molecule has 1 unspecified atom stereocenters. The van der Waals surface area contributed by atoms with Gasteiger partial charge < -0.3 is 10.0 Å². The van der Waals surface area contributed by atoms with Gasteiger partial charge in [-0.1, -0.05) is 25.4 Å². The highest BCUT2D eigenvalue weighted by molar-refractivity contribution is 6.32. The molecule has 0 aliphatic carbocycles. The molecule has 0 bridgehead atoms. The Morgan fingerprint density at radius 3 is 2.78 bits per heavy atom. The van der Waals surface area contributed by atoms with Gasteiger partial charge >= 0.3 is 0 Å². The minimum Gasteiger partial charge on any atom is -0.506 e. The summed E-state index contributed by atoms with van der Waals surface area (Å²) in [4.78, 5) is 14.1. The lowest BCUT2D eigenvalue weighted by Crippen LogP contribution is -2.29. The van der Waals surface area contributed by atoms with Crippen LogP contribution < -0.4 is 0 Å². The summed E-state index contributed by atoms with van der Waals surface area (Å²) in [5.74, 6) is 1.20. The lowest BCUT2D eigenvalue weighted by Gasteiger charge is -2.18. The number of phenolic OH excluding ortho intramolecular Hbond substituents is 1. The second-order valence-corrected chi connectivity index (χ2v) is 5.62. The monoisotopic (exact) mass is 267 g/mol. The van der Waals surface area contributed by atoms with Crippen LogP contribution in [0.4, 0.5) is 0 Å². The molecule has 1 heterocycles. The molecule has 1 amide bonds. The molecule has 0 saturated carbocycles. The van der Waals surface area contributed by atoms with Gasteiger partial charge in [0.25, 0.3) is 5.91 Å². The van der Waals surface area contributed by atoms with Crippen molar-refractivity contribution in [1.29, 1.82) is 0 Å². The van der Waals surface area contributed by atoms with Gasteiger partial charge in [-0.3, -0.25) is 4.79 Å². The molecule has 4 heteroatoms. The average molecular weight is 268 g/mol. The molecule has 0 aromatic heterocycles. The van der Waals surface area contributed by atoms with E-state index in [2.05, 4.69) is 13.8 Å². The summed E-state index contributed by atoms with van der Waals surface area (Å²) in [5.41, 5.74) is 0.544. The maximum absolute atomic E-state index is 12.3. The second kappa shape index (κ2) is 5.19. The van der Waals surface area contributed by atoms with E-state index >= 15 is 0 Å². The molecule has 1 saturated heterocycles. The topological polar surface area (TPSA) is 40.5 Å². The van der Waals surface area contributed by atoms with E-state index in [0.29, 0.717) is 17.4 Å². The Morgan fingerprint density at radius 2 is 2.22 bits per heavy atom. The van der Waals surface area contributed by atoms with Gasteiger partial charge in [0.05, 0.1) is 5.02 Å². The maximum atomic E-state index is 12.3. The predicted octanol–water partition coefficient (Wildman–Crippen LogP) is 3.16. The van der Waals surface area contributed by atoms with E-state index in [4.69, 9.17) is 11.6 Å². The third kappa shape index (κ3) is 2.61. The van der Waals surface area contributed by atoms with Gasteiger partial charge in [-0.15, -0.1) is 0 Å². The first-order chi connectivity index (χ1) is 8.49. The van der Waals surface area contributed by atoms with Gasteiger partial charge in [0.2, 0.25) is 0 Å². The number of aromatic hydroxyl groups is 1. The molecule has 1 N–H and O–H groups in total. The van der Waals surface area contributed by atoms with E-state index in [1.165, 1.54) is 12.1 Å². The summed E-state index contributed by atoms with van der Waals surface area (Å²) >= 11 is 5.82. The van der Waals surface area contributed by atoms with Crippen LogP contribution in [0.5, 0.6) is 5.75 Å². The number of rotatable bonds is 2. The van der Waals surface area contributed by atoms with E-state index in [1.54, 1.807) is 6.07 Å². The number of carbonyl (C=O) groups excluding carboxylic acids is 1. The van der Waals surface area contributed by atoms with Crippen molar-refractivity contribution in [2.45, 2.75) is 20.3 Å². The molecule has 3 nitrogen and oxygen atoms in total. The first kappa shape index (κ1) is 13.2. The second-order valence-electron chi connectivity index (χ2n) is 5.21. The van der Waals surface area contributed by atoms with Gasteiger partial charge in [-0.25, -0.2) is 0 Å². The van der Waals surface area contributed by atoms with Crippen molar-refractivity contribution in [3.63, 3.8) is 0 Å². The zero-order chi connectivity index (χ0) is 13.3. The highest BCUT2D eigenvalue weighted by Crippen LogP contribution is 2.27. The zero-order valence-corrected chi connectivity index (χ0v) is 11.4. The van der Waals surface area contributed by atoms with Gasteiger partial charge in [0.1, 0.15) is 5.75 Å². The molecule has 1 fully saturated rings. The highest BCUT2D eigenvalue weighted by atomic mass is 35.5. The van der Waals surface area contributed by atoms with E-state index in [0.717, 1.165) is 19.5 Å².